The number of hydrogen-bond donors (Lipinski definition) is 1. The van der Waals surface area contributed by atoms with Gasteiger partial charge in [0.05, 0.1) is 28.5 Å². The van der Waals surface area contributed by atoms with Crippen LogP contribution in [0.25, 0.3) is 5.69 Å². The van der Waals surface area contributed by atoms with Crippen LogP contribution in [0.1, 0.15) is 22.5 Å². The summed E-state index contributed by atoms with van der Waals surface area (Å²) in [5, 5.41) is 6.12. The molecule has 134 valence electrons. The summed E-state index contributed by atoms with van der Waals surface area (Å²) in [6.45, 7) is 4.62. The molecule has 1 N–H and O–H groups in total. The molecule has 0 bridgehead atoms. The van der Waals surface area contributed by atoms with E-state index in [9.17, 15) is 0 Å². The average molecular weight is 407 g/mol. The highest BCUT2D eigenvalue weighted by atomic mass is 35.5. The predicted molar refractivity (Wildman–Crippen MR) is 111 cm³/mol. The number of aromatic nitrogens is 1. The van der Waals surface area contributed by atoms with E-state index in [-0.39, 0.29) is 0 Å². The highest BCUT2D eigenvalue weighted by molar-refractivity contribution is 6.43. The summed E-state index contributed by atoms with van der Waals surface area (Å²) in [6.07, 6.45) is 1.80. The Morgan fingerprint density at radius 1 is 1.00 bits per heavy atom. The molecule has 0 saturated carbocycles. The maximum atomic E-state index is 6.38. The zero-order valence-corrected chi connectivity index (χ0v) is 16.7. The van der Waals surface area contributed by atoms with E-state index in [2.05, 4.69) is 21.2 Å². The van der Waals surface area contributed by atoms with Crippen molar-refractivity contribution in [1.29, 1.82) is 0 Å². The monoisotopic (exact) mass is 405 g/mol. The first kappa shape index (κ1) is 18.8. The number of rotatable bonds is 5. The quantitative estimate of drug-likeness (QED) is 0.398. The maximum Gasteiger partial charge on any atom is 0.0832 e. The summed E-state index contributed by atoms with van der Waals surface area (Å²) in [5.74, 6) is 0. The fraction of sp³-hybridized carbons (Fsp3) is 0.150. The van der Waals surface area contributed by atoms with Crippen molar-refractivity contribution in [2.24, 2.45) is 5.10 Å². The Morgan fingerprint density at radius 2 is 1.73 bits per heavy atom. The van der Waals surface area contributed by atoms with E-state index < -0.39 is 0 Å². The molecule has 6 heteroatoms. The van der Waals surface area contributed by atoms with Crippen LogP contribution in [0.5, 0.6) is 0 Å². The zero-order chi connectivity index (χ0) is 18.7. The molecule has 26 heavy (non-hydrogen) atoms. The van der Waals surface area contributed by atoms with E-state index in [1.165, 1.54) is 0 Å². The van der Waals surface area contributed by atoms with Gasteiger partial charge in [-0.2, -0.15) is 5.10 Å². The number of nitrogens with one attached hydrogen (secondary N) is 1. The van der Waals surface area contributed by atoms with Crippen molar-refractivity contribution >= 4 is 41.0 Å². The number of hydrogen-bond acceptors (Lipinski definition) is 2. The molecule has 0 aliphatic rings. The van der Waals surface area contributed by atoms with Crippen molar-refractivity contribution < 1.29 is 0 Å². The first-order valence-electron chi connectivity index (χ1n) is 8.11. The number of aryl methyl sites for hydroxylation is 1. The van der Waals surface area contributed by atoms with Gasteiger partial charge >= 0.3 is 0 Å². The van der Waals surface area contributed by atoms with E-state index in [0.717, 1.165) is 33.2 Å². The van der Waals surface area contributed by atoms with Gasteiger partial charge in [0.15, 0.2) is 0 Å². The molecule has 0 unspecified atom stereocenters. The molecule has 3 aromatic rings. The summed E-state index contributed by atoms with van der Waals surface area (Å²) in [5.41, 5.74) is 7.99. The minimum absolute atomic E-state index is 0.535. The van der Waals surface area contributed by atoms with Gasteiger partial charge in [0, 0.05) is 22.0 Å². The third-order valence-electron chi connectivity index (χ3n) is 4.16. The topological polar surface area (TPSA) is 29.3 Å². The Morgan fingerprint density at radius 3 is 2.50 bits per heavy atom. The number of benzene rings is 2. The van der Waals surface area contributed by atoms with Crippen LogP contribution in [0.3, 0.4) is 0 Å². The molecule has 0 amide bonds. The highest BCUT2D eigenvalue weighted by Crippen LogP contribution is 2.31. The van der Waals surface area contributed by atoms with E-state index in [4.69, 9.17) is 34.8 Å². The van der Waals surface area contributed by atoms with E-state index in [1.54, 1.807) is 12.3 Å². The molecule has 0 radical (unpaired) electrons. The molecule has 0 aliphatic heterocycles. The number of hydrazone groups is 1. The minimum Gasteiger partial charge on any atom is -0.316 e. The Kier molecular flexibility index (Phi) is 5.92. The van der Waals surface area contributed by atoms with Crippen LogP contribution in [0, 0.1) is 13.8 Å². The fourth-order valence-corrected chi connectivity index (χ4v) is 3.42. The van der Waals surface area contributed by atoms with Gasteiger partial charge in [-0.05, 0) is 43.7 Å². The maximum absolute atomic E-state index is 6.38. The van der Waals surface area contributed by atoms with Crippen molar-refractivity contribution in [1.82, 2.24) is 9.99 Å². The summed E-state index contributed by atoms with van der Waals surface area (Å²) in [4.78, 5) is 0. The zero-order valence-electron chi connectivity index (χ0n) is 14.4. The third kappa shape index (κ3) is 3.90. The fourth-order valence-electron chi connectivity index (χ4n) is 2.84. The molecule has 0 fully saturated rings. The lowest BCUT2D eigenvalue weighted by Crippen LogP contribution is -2.06. The number of nitrogens with zero attached hydrogens (tertiary/aromatic N) is 2. The van der Waals surface area contributed by atoms with Crippen LogP contribution in [0.15, 0.2) is 53.6 Å². The first-order chi connectivity index (χ1) is 12.5. The molecule has 2 aromatic carbocycles. The van der Waals surface area contributed by atoms with Gasteiger partial charge in [-0.3, -0.25) is 0 Å². The summed E-state index contributed by atoms with van der Waals surface area (Å²) in [6, 6.07) is 15.4. The Balaban J connectivity index is 1.80. The van der Waals surface area contributed by atoms with Crippen LogP contribution in [0.4, 0.5) is 0 Å². The third-order valence-corrected chi connectivity index (χ3v) is 5.34. The van der Waals surface area contributed by atoms with Crippen LogP contribution in [-0.4, -0.2) is 10.8 Å². The molecule has 3 rings (SSSR count). The lowest BCUT2D eigenvalue weighted by atomic mass is 10.2. The van der Waals surface area contributed by atoms with Crippen molar-refractivity contribution in [2.75, 3.05) is 0 Å². The largest absolute Gasteiger partial charge is 0.316 e. The van der Waals surface area contributed by atoms with Gasteiger partial charge < -0.3 is 9.99 Å². The Hall–Kier alpha value is -1.94. The van der Waals surface area contributed by atoms with E-state index in [1.807, 2.05) is 50.2 Å². The van der Waals surface area contributed by atoms with Crippen molar-refractivity contribution in [3.05, 3.63) is 86.1 Å². The molecule has 0 aliphatic carbocycles. The van der Waals surface area contributed by atoms with Crippen molar-refractivity contribution in [3.63, 3.8) is 0 Å². The van der Waals surface area contributed by atoms with Crippen LogP contribution in [-0.2, 0) is 6.54 Å². The smallest absolute Gasteiger partial charge is 0.0832 e. The van der Waals surface area contributed by atoms with Gasteiger partial charge in [-0.25, -0.2) is 0 Å². The van der Waals surface area contributed by atoms with Crippen molar-refractivity contribution in [3.8, 4) is 5.69 Å². The van der Waals surface area contributed by atoms with E-state index in [0.29, 0.717) is 16.6 Å². The van der Waals surface area contributed by atoms with Crippen molar-refractivity contribution in [2.45, 2.75) is 20.4 Å². The summed E-state index contributed by atoms with van der Waals surface area (Å²) in [7, 11) is 0. The lowest BCUT2D eigenvalue weighted by molar-refractivity contribution is 0.748. The molecule has 0 saturated heterocycles. The molecule has 1 heterocycles. The van der Waals surface area contributed by atoms with Crippen LogP contribution in [0.2, 0.25) is 15.1 Å². The van der Waals surface area contributed by atoms with Crippen LogP contribution < -0.4 is 5.43 Å². The molecule has 0 atom stereocenters. The van der Waals surface area contributed by atoms with Gasteiger partial charge in [0.2, 0.25) is 0 Å². The SMILES string of the molecule is Cc1cc(/C=N\NCc2ccccc2Cl)c(C)n1-c1cccc(Cl)c1Cl. The molecular formula is C20H18Cl3N3. The second-order valence-corrected chi connectivity index (χ2v) is 7.11. The number of halogens is 3. The first-order valence-corrected chi connectivity index (χ1v) is 9.25. The van der Waals surface area contributed by atoms with Gasteiger partial charge in [-0.1, -0.05) is 59.1 Å². The Labute approximate surface area is 168 Å². The Bertz CT molecular complexity index is 961. The summed E-state index contributed by atoms with van der Waals surface area (Å²) < 4.78 is 2.07. The average Bonchev–Trinajstić information content (AvgIpc) is 2.90. The van der Waals surface area contributed by atoms with Gasteiger partial charge in [0.1, 0.15) is 0 Å². The molecule has 3 nitrogen and oxygen atoms in total. The van der Waals surface area contributed by atoms with E-state index >= 15 is 0 Å². The van der Waals surface area contributed by atoms with Gasteiger partial charge in [0.25, 0.3) is 0 Å². The second kappa shape index (κ2) is 8.17. The standard InChI is InChI=1S/C20H18Cl3N3/c1-13-10-16(12-25-24-11-15-6-3-4-7-17(15)21)14(2)26(13)19-9-5-8-18(22)20(19)23/h3-10,12,24H,11H2,1-2H3/b25-12-. The highest BCUT2D eigenvalue weighted by Gasteiger charge is 2.13. The molecule has 1 aromatic heterocycles. The predicted octanol–water partition coefficient (Wildman–Crippen LogP) is 6.18. The van der Waals surface area contributed by atoms with Crippen LogP contribution >= 0.6 is 34.8 Å². The minimum atomic E-state index is 0.535. The molecular weight excluding hydrogens is 389 g/mol. The van der Waals surface area contributed by atoms with Gasteiger partial charge in [-0.15, -0.1) is 0 Å². The second-order valence-electron chi connectivity index (χ2n) is 5.92. The summed E-state index contributed by atoms with van der Waals surface area (Å²) >= 11 is 18.7. The molecule has 0 spiro atoms. The normalized spacial score (nSPS) is 11.3. The lowest BCUT2D eigenvalue weighted by Gasteiger charge is -2.12.